The highest BCUT2D eigenvalue weighted by Crippen LogP contribution is 2.54. The number of benzene rings is 14. The molecule has 14 aromatic carbocycles. The topological polar surface area (TPSA) is 39.2 Å². The molecule has 448 valence electrons. The van der Waals surface area contributed by atoms with E-state index >= 15 is 0 Å². The molecule has 4 nitrogen and oxygen atoms in total. The second-order valence-corrected chi connectivity index (χ2v) is 27.0. The van der Waals surface area contributed by atoms with Gasteiger partial charge in [-0.15, -0.1) is 22.7 Å². The summed E-state index contributed by atoms with van der Waals surface area (Å²) in [6.45, 7) is 0. The summed E-state index contributed by atoms with van der Waals surface area (Å²) in [6.07, 6.45) is 0. The predicted molar refractivity (Wildman–Crippen MR) is 405 cm³/mol. The van der Waals surface area contributed by atoms with Gasteiger partial charge in [0.15, 0.2) is 0 Å². The Bertz CT molecular complexity index is 6020. The van der Waals surface area contributed by atoms with E-state index in [0.29, 0.717) is 0 Å². The Labute approximate surface area is 565 Å². The molecule has 18 aromatic rings. The van der Waals surface area contributed by atoms with Crippen LogP contribution in [0, 0.1) is 0 Å². The molecule has 2 aliphatic rings. The minimum atomic E-state index is 0.856. The van der Waals surface area contributed by atoms with Crippen molar-refractivity contribution in [3.63, 3.8) is 0 Å². The van der Waals surface area contributed by atoms with Crippen LogP contribution in [0.1, 0.15) is 0 Å². The number of para-hydroxylation sites is 6. The SMILES string of the molecule is Brc1cccc(-c2ccc3sc4ccccc4c3c2)c1.c1ccc(-c2cccc3c4c([nH]c23)-c2ccccc2Oc2ccccc2-4)cc1.c1ccc(-c2cccc3c4c(n(-c5cccc(-c6ccc7sc8ccccc8c7c6)c5)c23)-c2ccccc2Oc2ccccc2-4)cc1. The van der Waals surface area contributed by atoms with Gasteiger partial charge in [-0.25, -0.2) is 0 Å². The quantitative estimate of drug-likeness (QED) is 0.187. The molecule has 6 heterocycles. The van der Waals surface area contributed by atoms with Crippen molar-refractivity contribution in [1.82, 2.24) is 9.55 Å². The van der Waals surface area contributed by atoms with Crippen molar-refractivity contribution in [2.45, 2.75) is 0 Å². The van der Waals surface area contributed by atoms with Gasteiger partial charge < -0.3 is 19.0 Å². The largest absolute Gasteiger partial charge is 0.456 e. The number of ether oxygens (including phenoxy) is 2. The van der Waals surface area contributed by atoms with Gasteiger partial charge in [0.2, 0.25) is 0 Å². The Hall–Kier alpha value is -11.3. The number of fused-ring (bicyclic) bond motifs is 20. The average molecular weight is 1320 g/mol. The molecule has 0 spiro atoms. The number of halogens is 1. The van der Waals surface area contributed by atoms with Crippen molar-refractivity contribution in [3.05, 3.63) is 332 Å². The Balaban J connectivity index is 0.000000116. The first kappa shape index (κ1) is 56.4. The maximum absolute atomic E-state index is 6.65. The molecular formula is C88H55BrN2O2S2. The van der Waals surface area contributed by atoms with Crippen molar-refractivity contribution in [3.8, 4) is 118 Å². The Morgan fingerprint density at radius 3 is 1.33 bits per heavy atom. The highest BCUT2D eigenvalue weighted by Gasteiger charge is 2.30. The monoisotopic (exact) mass is 1310 g/mol. The van der Waals surface area contributed by atoms with E-state index in [4.69, 9.17) is 9.47 Å². The fourth-order valence-corrected chi connectivity index (χ4v) is 16.7. The van der Waals surface area contributed by atoms with E-state index in [-0.39, 0.29) is 0 Å². The minimum absolute atomic E-state index is 0.856. The van der Waals surface area contributed by atoms with Gasteiger partial charge in [0, 0.05) is 106 Å². The van der Waals surface area contributed by atoms with E-state index in [9.17, 15) is 0 Å². The molecule has 0 saturated heterocycles. The zero-order valence-corrected chi connectivity index (χ0v) is 54.4. The third-order valence-electron chi connectivity index (χ3n) is 18.4. The van der Waals surface area contributed by atoms with Crippen molar-refractivity contribution in [2.75, 3.05) is 0 Å². The second kappa shape index (κ2) is 23.7. The predicted octanol–water partition coefficient (Wildman–Crippen LogP) is 26.5. The number of rotatable bonds is 5. The van der Waals surface area contributed by atoms with E-state index in [2.05, 4.69) is 329 Å². The molecule has 0 amide bonds. The normalized spacial score (nSPS) is 11.8. The Morgan fingerprint density at radius 2 is 0.705 bits per heavy atom. The first-order chi connectivity index (χ1) is 47.0. The number of aromatic nitrogens is 2. The smallest absolute Gasteiger partial charge is 0.136 e. The number of H-pyrrole nitrogens is 1. The zero-order chi connectivity index (χ0) is 62.9. The molecular weight excluding hydrogens is 1260 g/mol. The van der Waals surface area contributed by atoms with E-state index in [1.807, 2.05) is 46.9 Å². The van der Waals surface area contributed by atoms with Crippen LogP contribution in [-0.4, -0.2) is 9.55 Å². The summed E-state index contributed by atoms with van der Waals surface area (Å²) in [6, 6.07) is 116. The van der Waals surface area contributed by atoms with Gasteiger partial charge in [-0.3, -0.25) is 0 Å². The van der Waals surface area contributed by atoms with Crippen LogP contribution >= 0.6 is 38.6 Å². The van der Waals surface area contributed by atoms with Crippen LogP contribution in [0.5, 0.6) is 23.0 Å². The van der Waals surface area contributed by atoms with Gasteiger partial charge in [-0.1, -0.05) is 246 Å². The van der Waals surface area contributed by atoms with E-state index < -0.39 is 0 Å². The first-order valence-corrected chi connectivity index (χ1v) is 34.3. The summed E-state index contributed by atoms with van der Waals surface area (Å²) in [5.74, 6) is 3.49. The van der Waals surface area contributed by atoms with Crippen LogP contribution in [0.4, 0.5) is 0 Å². The molecule has 0 saturated carbocycles. The molecule has 20 rings (SSSR count). The fraction of sp³-hybridized carbons (Fsp3) is 0. The summed E-state index contributed by atoms with van der Waals surface area (Å²) in [5, 5.41) is 7.74. The maximum atomic E-state index is 6.65. The molecule has 0 aliphatic carbocycles. The Kier molecular flexibility index (Phi) is 14.1. The molecule has 0 atom stereocenters. The average Bonchev–Trinajstić information content (AvgIpc) is 1.58. The van der Waals surface area contributed by atoms with Crippen LogP contribution in [0.15, 0.2) is 332 Å². The molecule has 2 aliphatic heterocycles. The summed E-state index contributed by atoms with van der Waals surface area (Å²) in [5.41, 5.74) is 22.2. The zero-order valence-electron chi connectivity index (χ0n) is 51.1. The molecule has 0 bridgehead atoms. The summed E-state index contributed by atoms with van der Waals surface area (Å²) < 4.78 is 21.9. The summed E-state index contributed by atoms with van der Waals surface area (Å²) >= 11 is 7.26. The number of aromatic amines is 1. The second-order valence-electron chi connectivity index (χ2n) is 24.0. The summed E-state index contributed by atoms with van der Waals surface area (Å²) in [4.78, 5) is 3.74. The lowest BCUT2D eigenvalue weighted by molar-refractivity contribution is 0.487. The van der Waals surface area contributed by atoms with Crippen molar-refractivity contribution in [1.29, 1.82) is 0 Å². The highest BCUT2D eigenvalue weighted by atomic mass is 79.9. The van der Waals surface area contributed by atoms with Gasteiger partial charge >= 0.3 is 0 Å². The summed E-state index contributed by atoms with van der Waals surface area (Å²) in [7, 11) is 0. The number of hydrogen-bond donors (Lipinski definition) is 1. The fourth-order valence-electron chi connectivity index (χ4n) is 14.1. The standard InChI is InChI=1S/C44H27NOS.C26H17NO.C18H11BrS/c1-2-12-28(13-3-1)32-19-11-20-36-42-34-17-4-7-21-38(34)46-39-22-8-5-18-35(39)44(42)45(43(32)36)31-15-10-14-29(26-31)30-24-25-41-37(27-30)33-16-6-9-23-40(33)47-41;1-2-9-17(10-3-1)18-13-8-14-21-24-19-11-4-6-15-22(19)28-23-16-7-5-12-20(23)26(24)27-25(18)21;19-14-5-3-4-12(10-14)13-8-9-18-16(11-13)15-6-1-2-7-17(15)20-18/h1-27H;1-16,27H;1-11H. The van der Waals surface area contributed by atoms with Crippen LogP contribution in [-0.2, 0) is 0 Å². The van der Waals surface area contributed by atoms with E-state index in [0.717, 1.165) is 72.3 Å². The molecule has 95 heavy (non-hydrogen) atoms. The lowest BCUT2D eigenvalue weighted by Gasteiger charge is -2.16. The molecule has 1 N–H and O–H groups in total. The van der Waals surface area contributed by atoms with Crippen LogP contribution in [0.2, 0.25) is 0 Å². The van der Waals surface area contributed by atoms with Crippen LogP contribution in [0.25, 0.3) is 157 Å². The van der Waals surface area contributed by atoms with Gasteiger partial charge in [-0.2, -0.15) is 0 Å². The molecule has 0 fully saturated rings. The maximum Gasteiger partial charge on any atom is 0.136 e. The molecule has 0 unspecified atom stereocenters. The number of hydrogen-bond acceptors (Lipinski definition) is 4. The number of thiophene rings is 2. The molecule has 0 radical (unpaired) electrons. The minimum Gasteiger partial charge on any atom is -0.456 e. The van der Waals surface area contributed by atoms with E-state index in [1.54, 1.807) is 0 Å². The Morgan fingerprint density at radius 1 is 0.284 bits per heavy atom. The number of nitrogens with zero attached hydrogens (tertiary/aromatic N) is 1. The highest BCUT2D eigenvalue weighted by molar-refractivity contribution is 9.10. The van der Waals surface area contributed by atoms with Crippen LogP contribution in [0.3, 0.4) is 0 Å². The first-order valence-electron chi connectivity index (χ1n) is 31.9. The molecule has 4 aromatic heterocycles. The third kappa shape index (κ3) is 9.94. The van der Waals surface area contributed by atoms with Gasteiger partial charge in [0.1, 0.15) is 23.0 Å². The third-order valence-corrected chi connectivity index (χ3v) is 21.2. The lowest BCUT2D eigenvalue weighted by Crippen LogP contribution is -1.99. The van der Waals surface area contributed by atoms with Crippen molar-refractivity contribution < 1.29 is 9.47 Å². The van der Waals surface area contributed by atoms with Gasteiger partial charge in [0.05, 0.1) is 22.4 Å². The molecule has 7 heteroatoms. The lowest BCUT2D eigenvalue weighted by atomic mass is 9.96. The van der Waals surface area contributed by atoms with Gasteiger partial charge in [-0.05, 0) is 130 Å². The van der Waals surface area contributed by atoms with Gasteiger partial charge in [0.25, 0.3) is 0 Å². The van der Waals surface area contributed by atoms with Crippen molar-refractivity contribution >= 4 is 101 Å². The van der Waals surface area contributed by atoms with Crippen molar-refractivity contribution in [2.24, 2.45) is 0 Å². The van der Waals surface area contributed by atoms with Crippen LogP contribution < -0.4 is 9.47 Å². The van der Waals surface area contributed by atoms with E-state index in [1.165, 1.54) is 112 Å². The number of nitrogens with one attached hydrogen (secondary N) is 1.